The van der Waals surface area contributed by atoms with Gasteiger partial charge in [0.1, 0.15) is 11.5 Å². The molecule has 1 saturated heterocycles. The molecule has 0 atom stereocenters. The van der Waals surface area contributed by atoms with Crippen LogP contribution in [0.5, 0.6) is 11.5 Å². The van der Waals surface area contributed by atoms with E-state index in [2.05, 4.69) is 15.9 Å². The monoisotopic (exact) mass is 503 g/mol. The summed E-state index contributed by atoms with van der Waals surface area (Å²) >= 11 is 6.17. The van der Waals surface area contributed by atoms with Gasteiger partial charge in [-0.25, -0.2) is 0 Å². The van der Waals surface area contributed by atoms with Crippen molar-refractivity contribution in [2.75, 3.05) is 50.1 Å². The zero-order valence-corrected chi connectivity index (χ0v) is 21.5. The lowest BCUT2D eigenvalue weighted by Gasteiger charge is -2.36. The summed E-state index contributed by atoms with van der Waals surface area (Å²) in [4.78, 5) is 19.9. The Hall–Kier alpha value is -3.48. The number of aryl methyl sites for hydroxylation is 1. The van der Waals surface area contributed by atoms with E-state index in [0.717, 1.165) is 48.1 Å². The number of ketones is 1. The predicted molar refractivity (Wildman–Crippen MR) is 145 cm³/mol. The fraction of sp³-hybridized carbons (Fsp3) is 0.276. The Kier molecular flexibility index (Phi) is 6.65. The van der Waals surface area contributed by atoms with Crippen molar-refractivity contribution < 1.29 is 14.6 Å². The molecule has 6 nitrogen and oxygen atoms in total. The number of anilines is 2. The van der Waals surface area contributed by atoms with E-state index in [1.807, 2.05) is 68.4 Å². The Balaban J connectivity index is 1.35. The topological polar surface area (TPSA) is 56.2 Å². The molecule has 0 aromatic heterocycles. The van der Waals surface area contributed by atoms with E-state index >= 15 is 0 Å². The van der Waals surface area contributed by atoms with Crippen LogP contribution in [0.3, 0.4) is 0 Å². The van der Waals surface area contributed by atoms with Crippen LogP contribution in [0.2, 0.25) is 5.02 Å². The fourth-order valence-corrected chi connectivity index (χ4v) is 5.00. The second kappa shape index (κ2) is 9.88. The van der Waals surface area contributed by atoms with E-state index < -0.39 is 0 Å². The lowest BCUT2D eigenvalue weighted by Crippen LogP contribution is -2.46. The van der Waals surface area contributed by atoms with Crippen molar-refractivity contribution in [3.63, 3.8) is 0 Å². The van der Waals surface area contributed by atoms with Gasteiger partial charge in [0, 0.05) is 63.2 Å². The van der Waals surface area contributed by atoms with Crippen molar-refractivity contribution >= 4 is 34.8 Å². The third-order valence-corrected chi connectivity index (χ3v) is 7.09. The molecule has 3 aromatic carbocycles. The maximum atomic E-state index is 13.3. The molecule has 1 fully saturated rings. The number of aromatic hydroxyl groups is 1. The molecule has 0 unspecified atom stereocenters. The molecular weight excluding hydrogens is 474 g/mol. The molecule has 0 spiro atoms. The van der Waals surface area contributed by atoms with Gasteiger partial charge in [-0.15, -0.1) is 0 Å². The number of rotatable bonds is 5. The minimum Gasteiger partial charge on any atom is -0.507 e. The van der Waals surface area contributed by atoms with Crippen LogP contribution < -0.4 is 14.5 Å². The summed E-state index contributed by atoms with van der Waals surface area (Å²) in [5, 5.41) is 11.6. The van der Waals surface area contributed by atoms with E-state index in [1.165, 1.54) is 0 Å². The van der Waals surface area contributed by atoms with Crippen molar-refractivity contribution in [3.8, 4) is 11.5 Å². The molecule has 0 radical (unpaired) electrons. The highest BCUT2D eigenvalue weighted by Gasteiger charge is 2.34. The molecule has 36 heavy (non-hydrogen) atoms. The number of piperazine rings is 1. The normalized spacial score (nSPS) is 16.8. The Labute approximate surface area is 217 Å². The highest BCUT2D eigenvalue weighted by atomic mass is 35.5. The van der Waals surface area contributed by atoms with Gasteiger partial charge in [-0.05, 0) is 60.5 Å². The number of Topliss-reactive ketones (excluding diaryl/α,β-unsaturated/α-hetero) is 1. The van der Waals surface area contributed by atoms with Gasteiger partial charge >= 0.3 is 0 Å². The van der Waals surface area contributed by atoms with Crippen molar-refractivity contribution in [2.45, 2.75) is 13.5 Å². The van der Waals surface area contributed by atoms with Crippen LogP contribution in [-0.2, 0) is 6.54 Å². The van der Waals surface area contributed by atoms with Gasteiger partial charge in [-0.3, -0.25) is 9.69 Å². The molecular formula is C29H30ClN3O3. The molecule has 2 aliphatic rings. The van der Waals surface area contributed by atoms with Crippen LogP contribution in [0.4, 0.5) is 11.4 Å². The molecule has 3 aromatic rings. The van der Waals surface area contributed by atoms with Crippen molar-refractivity contribution in [3.05, 3.63) is 87.6 Å². The van der Waals surface area contributed by atoms with Gasteiger partial charge in [0.2, 0.25) is 5.78 Å². The summed E-state index contributed by atoms with van der Waals surface area (Å²) in [6, 6.07) is 17.5. The standard InChI is InChI=1S/C29H30ClN3O3/c1-19-15-25(34)24(18-32-11-13-33(14-12-32)23-6-4-5-21(30)17-23)29-27(19)28(35)26(36-29)16-20-7-9-22(10-8-20)31(2)3/h4-10,15-17,34H,11-14,18H2,1-3H3/b26-16+. The predicted octanol–water partition coefficient (Wildman–Crippen LogP) is 5.36. The second-order valence-electron chi connectivity index (χ2n) is 9.56. The third-order valence-electron chi connectivity index (χ3n) is 6.86. The summed E-state index contributed by atoms with van der Waals surface area (Å²) in [5.41, 5.74) is 5.00. The summed E-state index contributed by atoms with van der Waals surface area (Å²) < 4.78 is 6.13. The lowest BCUT2D eigenvalue weighted by atomic mass is 9.99. The van der Waals surface area contributed by atoms with E-state index in [0.29, 0.717) is 29.0 Å². The largest absolute Gasteiger partial charge is 0.507 e. The Bertz CT molecular complexity index is 1330. The van der Waals surface area contributed by atoms with Gasteiger partial charge in [-0.2, -0.15) is 0 Å². The number of nitrogens with zero attached hydrogens (tertiary/aromatic N) is 3. The zero-order valence-electron chi connectivity index (χ0n) is 20.8. The number of phenolic OH excluding ortho intramolecular Hbond substituents is 1. The lowest BCUT2D eigenvalue weighted by molar-refractivity contribution is 0.101. The first-order chi connectivity index (χ1) is 17.3. The zero-order chi connectivity index (χ0) is 25.4. The quantitative estimate of drug-likeness (QED) is 0.473. The number of hydrogen-bond donors (Lipinski definition) is 1. The van der Waals surface area contributed by atoms with Crippen LogP contribution in [0, 0.1) is 6.92 Å². The minimum atomic E-state index is -0.147. The van der Waals surface area contributed by atoms with Crippen LogP contribution in [0.1, 0.15) is 27.0 Å². The average molecular weight is 504 g/mol. The number of allylic oxidation sites excluding steroid dienone is 1. The van der Waals surface area contributed by atoms with Crippen LogP contribution in [0.25, 0.3) is 6.08 Å². The van der Waals surface area contributed by atoms with Gasteiger partial charge in [0.15, 0.2) is 5.76 Å². The summed E-state index contributed by atoms with van der Waals surface area (Å²) in [5.74, 6) is 0.772. The smallest absolute Gasteiger partial charge is 0.232 e. The molecule has 0 aliphatic carbocycles. The van der Waals surface area contributed by atoms with Crippen molar-refractivity contribution in [1.82, 2.24) is 4.90 Å². The van der Waals surface area contributed by atoms with Crippen LogP contribution in [-0.4, -0.2) is 56.1 Å². The van der Waals surface area contributed by atoms with Gasteiger partial charge in [0.05, 0.1) is 11.1 Å². The van der Waals surface area contributed by atoms with E-state index in [1.54, 1.807) is 12.1 Å². The highest BCUT2D eigenvalue weighted by Crippen LogP contribution is 2.42. The molecule has 0 amide bonds. The Morgan fingerprint density at radius 3 is 2.44 bits per heavy atom. The van der Waals surface area contributed by atoms with Crippen LogP contribution in [0.15, 0.2) is 60.4 Å². The third kappa shape index (κ3) is 4.79. The molecule has 7 heteroatoms. The number of ether oxygens (including phenoxy) is 1. The van der Waals surface area contributed by atoms with Crippen molar-refractivity contribution in [2.24, 2.45) is 0 Å². The van der Waals surface area contributed by atoms with Gasteiger partial charge in [0.25, 0.3) is 0 Å². The first kappa shape index (κ1) is 24.2. The van der Waals surface area contributed by atoms with Crippen LogP contribution >= 0.6 is 11.6 Å². The second-order valence-corrected chi connectivity index (χ2v) is 10.0. The summed E-state index contributed by atoms with van der Waals surface area (Å²) in [7, 11) is 3.98. The molecule has 2 aliphatic heterocycles. The number of benzene rings is 3. The van der Waals surface area contributed by atoms with Gasteiger partial charge < -0.3 is 19.6 Å². The van der Waals surface area contributed by atoms with E-state index in [-0.39, 0.29) is 17.3 Å². The fourth-order valence-electron chi connectivity index (χ4n) is 4.81. The Morgan fingerprint density at radius 1 is 1.06 bits per heavy atom. The molecule has 2 heterocycles. The summed E-state index contributed by atoms with van der Waals surface area (Å²) in [6.45, 7) is 5.69. The van der Waals surface area contributed by atoms with Crippen molar-refractivity contribution in [1.29, 1.82) is 0 Å². The maximum absolute atomic E-state index is 13.3. The number of carbonyl (C=O) groups is 1. The highest BCUT2D eigenvalue weighted by molar-refractivity contribution is 6.30. The number of carbonyl (C=O) groups excluding carboxylic acids is 1. The molecule has 1 N–H and O–H groups in total. The Morgan fingerprint density at radius 2 is 1.78 bits per heavy atom. The van der Waals surface area contributed by atoms with Gasteiger partial charge in [-0.1, -0.05) is 29.8 Å². The number of hydrogen-bond acceptors (Lipinski definition) is 6. The first-order valence-corrected chi connectivity index (χ1v) is 12.5. The minimum absolute atomic E-state index is 0.147. The number of halogens is 1. The molecule has 0 bridgehead atoms. The summed E-state index contributed by atoms with van der Waals surface area (Å²) in [6.07, 6.45) is 1.77. The molecule has 186 valence electrons. The maximum Gasteiger partial charge on any atom is 0.232 e. The van der Waals surface area contributed by atoms with E-state index in [9.17, 15) is 9.90 Å². The molecule has 5 rings (SSSR count). The SMILES string of the molecule is Cc1cc(O)c(CN2CCN(c3cccc(Cl)c3)CC2)c2c1C(=O)/C(=C\c1ccc(N(C)C)cc1)O2. The number of phenols is 1. The molecule has 0 saturated carbocycles. The number of fused-ring (bicyclic) bond motifs is 1. The first-order valence-electron chi connectivity index (χ1n) is 12.1. The van der Waals surface area contributed by atoms with E-state index in [4.69, 9.17) is 16.3 Å². The average Bonchev–Trinajstić information content (AvgIpc) is 3.18.